The van der Waals surface area contributed by atoms with E-state index in [4.69, 9.17) is 0 Å². The number of nitrogens with one attached hydrogen (secondary N) is 2. The molecule has 130 valence electrons. The van der Waals surface area contributed by atoms with Crippen molar-refractivity contribution in [3.8, 4) is 11.1 Å². The largest absolute Gasteiger partial charge is 0.345 e. The molecule has 0 saturated carbocycles. The molecule has 0 fully saturated rings. The maximum atomic E-state index is 12.5. The Morgan fingerprint density at radius 2 is 1.42 bits per heavy atom. The number of para-hydroxylation sites is 1. The van der Waals surface area contributed by atoms with Crippen LogP contribution in [-0.4, -0.2) is 13.4 Å². The molecule has 2 N–H and O–H groups in total. The summed E-state index contributed by atoms with van der Waals surface area (Å²) < 4.78 is 27.7. The van der Waals surface area contributed by atoms with Crippen LogP contribution in [-0.2, 0) is 16.6 Å². The third-order valence-electron chi connectivity index (χ3n) is 4.32. The van der Waals surface area contributed by atoms with Crippen LogP contribution < -0.4 is 4.72 Å². The molecule has 3 aromatic carbocycles. The second kappa shape index (κ2) is 6.78. The Labute approximate surface area is 152 Å². The quantitative estimate of drug-likeness (QED) is 0.556. The van der Waals surface area contributed by atoms with Crippen molar-refractivity contribution < 1.29 is 8.42 Å². The second-order valence-electron chi connectivity index (χ2n) is 6.11. The lowest BCUT2D eigenvalue weighted by Crippen LogP contribution is -2.23. The average Bonchev–Trinajstić information content (AvgIpc) is 3.13. The average molecular weight is 362 g/mol. The van der Waals surface area contributed by atoms with Gasteiger partial charge in [0.1, 0.15) is 5.03 Å². The molecule has 5 heteroatoms. The van der Waals surface area contributed by atoms with E-state index in [1.54, 1.807) is 6.07 Å². The number of sulfonamides is 1. The maximum absolute atomic E-state index is 12.5. The first kappa shape index (κ1) is 16.6. The van der Waals surface area contributed by atoms with E-state index in [9.17, 15) is 8.42 Å². The number of benzene rings is 3. The molecule has 0 aliphatic heterocycles. The fourth-order valence-electron chi connectivity index (χ4n) is 2.89. The van der Waals surface area contributed by atoms with Crippen molar-refractivity contribution in [2.45, 2.75) is 11.6 Å². The van der Waals surface area contributed by atoms with Crippen molar-refractivity contribution >= 4 is 20.9 Å². The lowest BCUT2D eigenvalue weighted by molar-refractivity contribution is 0.578. The number of fused-ring (bicyclic) bond motifs is 1. The van der Waals surface area contributed by atoms with Crippen molar-refractivity contribution in [1.82, 2.24) is 9.71 Å². The summed E-state index contributed by atoms with van der Waals surface area (Å²) in [5.74, 6) is 0. The van der Waals surface area contributed by atoms with Gasteiger partial charge in [-0.1, -0.05) is 72.8 Å². The third kappa shape index (κ3) is 3.40. The third-order valence-corrected chi connectivity index (χ3v) is 5.65. The van der Waals surface area contributed by atoms with Crippen molar-refractivity contribution in [1.29, 1.82) is 0 Å². The van der Waals surface area contributed by atoms with Gasteiger partial charge in [-0.3, -0.25) is 0 Å². The minimum absolute atomic E-state index is 0.180. The van der Waals surface area contributed by atoms with Crippen LogP contribution in [0.3, 0.4) is 0 Å². The number of hydrogen-bond acceptors (Lipinski definition) is 2. The highest BCUT2D eigenvalue weighted by Gasteiger charge is 2.16. The predicted molar refractivity (Wildman–Crippen MR) is 104 cm³/mol. The summed E-state index contributed by atoms with van der Waals surface area (Å²) >= 11 is 0. The summed E-state index contributed by atoms with van der Waals surface area (Å²) in [4.78, 5) is 2.95. The van der Waals surface area contributed by atoms with Gasteiger partial charge < -0.3 is 4.98 Å². The molecular formula is C21H18N2O2S. The molecule has 1 aromatic heterocycles. The Balaban J connectivity index is 1.49. The Morgan fingerprint density at radius 1 is 0.769 bits per heavy atom. The van der Waals surface area contributed by atoms with Gasteiger partial charge in [-0.2, -0.15) is 0 Å². The zero-order chi connectivity index (χ0) is 18.0. The van der Waals surface area contributed by atoms with Crippen molar-refractivity contribution in [3.05, 3.63) is 90.5 Å². The van der Waals surface area contributed by atoms with E-state index in [2.05, 4.69) is 9.71 Å². The summed E-state index contributed by atoms with van der Waals surface area (Å²) in [6.07, 6.45) is 0. The van der Waals surface area contributed by atoms with E-state index in [0.29, 0.717) is 0 Å². The lowest BCUT2D eigenvalue weighted by atomic mass is 10.0. The summed E-state index contributed by atoms with van der Waals surface area (Å²) in [6, 6.07) is 27.1. The van der Waals surface area contributed by atoms with Crippen LogP contribution in [0.4, 0.5) is 0 Å². The van der Waals surface area contributed by atoms with Crippen LogP contribution in [0.15, 0.2) is 90.0 Å². The normalized spacial score (nSPS) is 11.7. The van der Waals surface area contributed by atoms with Crippen LogP contribution in [0.2, 0.25) is 0 Å². The van der Waals surface area contributed by atoms with Gasteiger partial charge in [-0.15, -0.1) is 0 Å². The fourth-order valence-corrected chi connectivity index (χ4v) is 3.93. The molecule has 0 atom stereocenters. The van der Waals surface area contributed by atoms with Gasteiger partial charge in [0.15, 0.2) is 0 Å². The standard InChI is InChI=1S/C21H18N2O2S/c24-26(25,21-14-19-8-4-5-9-20(19)23-21)22-15-16-10-12-18(13-11-16)17-6-2-1-3-7-17/h1-14,22-23H,15H2. The molecule has 0 unspecified atom stereocenters. The molecule has 0 aliphatic rings. The maximum Gasteiger partial charge on any atom is 0.256 e. The second-order valence-corrected chi connectivity index (χ2v) is 7.84. The van der Waals surface area contributed by atoms with Gasteiger partial charge in [0.25, 0.3) is 10.0 Å². The smallest absolute Gasteiger partial charge is 0.256 e. The summed E-state index contributed by atoms with van der Waals surface area (Å²) in [5.41, 5.74) is 3.95. The first-order chi connectivity index (χ1) is 12.6. The molecule has 1 heterocycles. The number of aromatic amines is 1. The first-order valence-corrected chi connectivity index (χ1v) is 9.82. The first-order valence-electron chi connectivity index (χ1n) is 8.34. The Hall–Kier alpha value is -2.89. The summed E-state index contributed by atoms with van der Waals surface area (Å²) in [6.45, 7) is 0.243. The van der Waals surface area contributed by atoms with Crippen LogP contribution in [0.5, 0.6) is 0 Å². The van der Waals surface area contributed by atoms with Crippen LogP contribution in [0, 0.1) is 0 Å². The minimum Gasteiger partial charge on any atom is -0.345 e. The number of H-pyrrole nitrogens is 1. The van der Waals surface area contributed by atoms with Crippen molar-refractivity contribution in [3.63, 3.8) is 0 Å². The molecule has 0 radical (unpaired) electrons. The van der Waals surface area contributed by atoms with E-state index in [-0.39, 0.29) is 11.6 Å². The molecular weight excluding hydrogens is 344 g/mol. The molecule has 26 heavy (non-hydrogen) atoms. The summed E-state index contributed by atoms with van der Waals surface area (Å²) in [5, 5.41) is 1.06. The van der Waals surface area contributed by atoms with E-state index < -0.39 is 10.0 Å². The number of hydrogen-bond donors (Lipinski definition) is 2. The Morgan fingerprint density at radius 3 is 2.15 bits per heavy atom. The van der Waals surface area contributed by atoms with Gasteiger partial charge >= 0.3 is 0 Å². The van der Waals surface area contributed by atoms with Gasteiger partial charge in [0.05, 0.1) is 0 Å². The predicted octanol–water partition coefficient (Wildman–Crippen LogP) is 4.31. The van der Waals surface area contributed by atoms with Gasteiger partial charge in [-0.05, 0) is 28.8 Å². The van der Waals surface area contributed by atoms with Crippen LogP contribution >= 0.6 is 0 Å². The van der Waals surface area contributed by atoms with E-state index in [1.807, 2.05) is 78.9 Å². The molecule has 4 aromatic rings. The lowest BCUT2D eigenvalue weighted by Gasteiger charge is -2.07. The highest BCUT2D eigenvalue weighted by molar-refractivity contribution is 7.89. The molecule has 0 bridgehead atoms. The number of aromatic nitrogens is 1. The molecule has 4 rings (SSSR count). The highest BCUT2D eigenvalue weighted by Crippen LogP contribution is 2.20. The van der Waals surface area contributed by atoms with Crippen LogP contribution in [0.25, 0.3) is 22.0 Å². The zero-order valence-corrected chi connectivity index (χ0v) is 14.8. The van der Waals surface area contributed by atoms with E-state index >= 15 is 0 Å². The van der Waals surface area contributed by atoms with E-state index in [1.165, 1.54) is 0 Å². The molecule has 0 amide bonds. The zero-order valence-electron chi connectivity index (χ0n) is 14.0. The topological polar surface area (TPSA) is 62.0 Å². The van der Waals surface area contributed by atoms with Gasteiger partial charge in [-0.25, -0.2) is 13.1 Å². The number of rotatable bonds is 5. The minimum atomic E-state index is -3.59. The molecule has 4 nitrogen and oxygen atoms in total. The fraction of sp³-hybridized carbons (Fsp3) is 0.0476. The monoisotopic (exact) mass is 362 g/mol. The van der Waals surface area contributed by atoms with Crippen molar-refractivity contribution in [2.75, 3.05) is 0 Å². The molecule has 0 aliphatic carbocycles. The van der Waals surface area contributed by atoms with Gasteiger partial charge in [0, 0.05) is 17.4 Å². The Bertz CT molecular complexity index is 1100. The van der Waals surface area contributed by atoms with Gasteiger partial charge in [0.2, 0.25) is 0 Å². The Kier molecular flexibility index (Phi) is 4.32. The molecule has 0 saturated heterocycles. The van der Waals surface area contributed by atoms with E-state index in [0.717, 1.165) is 27.6 Å². The molecule has 0 spiro atoms. The van der Waals surface area contributed by atoms with Crippen LogP contribution in [0.1, 0.15) is 5.56 Å². The SMILES string of the molecule is O=S(=O)(NCc1ccc(-c2ccccc2)cc1)c1cc2ccccc2[nH]1. The summed E-state index contributed by atoms with van der Waals surface area (Å²) in [7, 11) is -3.59. The van der Waals surface area contributed by atoms with Crippen molar-refractivity contribution in [2.24, 2.45) is 0 Å². The highest BCUT2D eigenvalue weighted by atomic mass is 32.2.